The molecule has 0 spiro atoms. The molecule has 3 rings (SSSR count). The maximum absolute atomic E-state index is 11.5. The van der Waals surface area contributed by atoms with Crippen LogP contribution < -0.4 is 16.6 Å². The van der Waals surface area contributed by atoms with Gasteiger partial charge < -0.3 is 11.5 Å². The van der Waals surface area contributed by atoms with E-state index in [-0.39, 0.29) is 4.90 Å². The highest BCUT2D eigenvalue weighted by Crippen LogP contribution is 2.30. The van der Waals surface area contributed by atoms with E-state index in [4.69, 9.17) is 21.7 Å². The van der Waals surface area contributed by atoms with Gasteiger partial charge in [0.15, 0.2) is 0 Å². The predicted molar refractivity (Wildman–Crippen MR) is 127 cm³/mol. The topological polar surface area (TPSA) is 146 Å². The summed E-state index contributed by atoms with van der Waals surface area (Å²) in [6.45, 7) is 5.74. The molecule has 0 aliphatic rings. The van der Waals surface area contributed by atoms with Crippen molar-refractivity contribution in [3.8, 4) is 11.3 Å². The Bertz CT molecular complexity index is 1250. The van der Waals surface area contributed by atoms with E-state index in [0.717, 1.165) is 28.0 Å². The maximum Gasteiger partial charge on any atom is 0.238 e. The van der Waals surface area contributed by atoms with Crippen molar-refractivity contribution in [3.05, 3.63) is 77.1 Å². The number of primary sulfonamides is 1. The Morgan fingerprint density at radius 2 is 1.78 bits per heavy atom. The Labute approximate surface area is 187 Å². The van der Waals surface area contributed by atoms with Crippen LogP contribution in [-0.2, 0) is 23.0 Å². The van der Waals surface area contributed by atoms with E-state index in [9.17, 15) is 8.42 Å². The van der Waals surface area contributed by atoms with E-state index in [2.05, 4.69) is 11.8 Å². The van der Waals surface area contributed by atoms with Crippen molar-refractivity contribution >= 4 is 22.6 Å². The molecule has 3 aromatic rings. The second-order valence-electron chi connectivity index (χ2n) is 7.43. The third-order valence-corrected chi connectivity index (χ3v) is 6.09. The highest BCUT2D eigenvalue weighted by atomic mass is 32.2. The Morgan fingerprint density at radius 3 is 2.34 bits per heavy atom. The summed E-state index contributed by atoms with van der Waals surface area (Å²) < 4.78 is 24.8. The molecule has 0 aliphatic carbocycles. The van der Waals surface area contributed by atoms with Gasteiger partial charge in [-0.3, -0.25) is 5.01 Å². The zero-order valence-electron chi connectivity index (χ0n) is 18.1. The minimum Gasteiger partial charge on any atom is -0.384 e. The van der Waals surface area contributed by atoms with Crippen LogP contribution >= 0.6 is 0 Å². The molecule has 1 heterocycles. The molecule has 168 valence electrons. The van der Waals surface area contributed by atoms with Gasteiger partial charge >= 0.3 is 0 Å². The first kappa shape index (κ1) is 23.0. The van der Waals surface area contributed by atoms with E-state index in [1.807, 2.05) is 37.3 Å². The van der Waals surface area contributed by atoms with Gasteiger partial charge in [-0.2, -0.15) is 10.2 Å². The van der Waals surface area contributed by atoms with E-state index in [1.54, 1.807) is 23.9 Å². The van der Waals surface area contributed by atoms with Gasteiger partial charge in [0.1, 0.15) is 11.6 Å². The summed E-state index contributed by atoms with van der Waals surface area (Å²) in [5, 5.41) is 15.3. The molecule has 32 heavy (non-hydrogen) atoms. The van der Waals surface area contributed by atoms with Gasteiger partial charge in [0.25, 0.3) is 0 Å². The molecule has 0 unspecified atom stereocenters. The smallest absolute Gasteiger partial charge is 0.238 e. The summed E-state index contributed by atoms with van der Waals surface area (Å²) >= 11 is 0. The van der Waals surface area contributed by atoms with Crippen LogP contribution in [0, 0.1) is 0 Å². The van der Waals surface area contributed by atoms with E-state index in [1.165, 1.54) is 17.1 Å². The van der Waals surface area contributed by atoms with E-state index in [0.29, 0.717) is 24.6 Å². The number of nitrogens with zero attached hydrogens (tertiary/aromatic N) is 4. The Balaban J connectivity index is 2.03. The van der Waals surface area contributed by atoms with Crippen molar-refractivity contribution in [1.29, 1.82) is 0 Å². The minimum absolute atomic E-state index is 0.0596. The average Bonchev–Trinajstić information content (AvgIpc) is 3.08. The molecule has 9 nitrogen and oxygen atoms in total. The summed E-state index contributed by atoms with van der Waals surface area (Å²) in [5.74, 6) is 0.969. The van der Waals surface area contributed by atoms with Gasteiger partial charge in [-0.1, -0.05) is 42.5 Å². The Morgan fingerprint density at radius 1 is 1.16 bits per heavy atom. The molecule has 6 N–H and O–H groups in total. The first-order valence-electron chi connectivity index (χ1n) is 9.79. The fourth-order valence-corrected chi connectivity index (χ4v) is 3.81. The van der Waals surface area contributed by atoms with Gasteiger partial charge in [0, 0.05) is 31.3 Å². The number of sulfonamides is 1. The van der Waals surface area contributed by atoms with Crippen molar-refractivity contribution in [2.75, 3.05) is 12.8 Å². The molecule has 0 amide bonds. The summed E-state index contributed by atoms with van der Waals surface area (Å²) in [4.78, 5) is 0.0596. The highest BCUT2D eigenvalue weighted by molar-refractivity contribution is 7.89. The van der Waals surface area contributed by atoms with Gasteiger partial charge in [0.2, 0.25) is 10.0 Å². The van der Waals surface area contributed by atoms with Crippen LogP contribution in [-0.4, -0.2) is 37.0 Å². The number of nitrogen functional groups attached to an aromatic ring is 1. The SMILES string of the molecule is C=NN(C)/C(N)=C(\C)Cn1nc(-c2ccccc2)c(Cc2ccc(S(N)(=O)=O)cc2)c1N. The number of hydrogen-bond donors (Lipinski definition) is 3. The van der Waals surface area contributed by atoms with Crippen molar-refractivity contribution < 1.29 is 8.42 Å². The number of benzene rings is 2. The molecule has 10 heteroatoms. The molecule has 0 aliphatic heterocycles. The Hall–Kier alpha value is -3.63. The number of aromatic nitrogens is 2. The summed E-state index contributed by atoms with van der Waals surface area (Å²) in [5.41, 5.74) is 16.9. The number of anilines is 1. The highest BCUT2D eigenvalue weighted by Gasteiger charge is 2.19. The van der Waals surface area contributed by atoms with Crippen LogP contribution in [0.5, 0.6) is 0 Å². The van der Waals surface area contributed by atoms with Crippen molar-refractivity contribution in [2.24, 2.45) is 16.0 Å². The number of hydrogen-bond acceptors (Lipinski definition) is 7. The molecule has 0 saturated carbocycles. The standard InChI is InChI=1S/C22H27N7O2S/c1-15(21(23)28(3)26-2)14-29-22(24)19(20(27-29)17-7-5-4-6-8-17)13-16-9-11-18(12-10-16)32(25,30)31/h4-12H,2,13-14,23-24H2,1,3H3,(H2,25,30,31)/b21-15+. The zero-order valence-corrected chi connectivity index (χ0v) is 18.9. The maximum atomic E-state index is 11.5. The molecule has 0 radical (unpaired) electrons. The lowest BCUT2D eigenvalue weighted by atomic mass is 10.0. The van der Waals surface area contributed by atoms with Crippen LogP contribution in [0.4, 0.5) is 5.82 Å². The summed E-state index contributed by atoms with van der Waals surface area (Å²) in [6.07, 6.45) is 0.466. The quantitative estimate of drug-likeness (QED) is 0.352. The zero-order chi connectivity index (χ0) is 23.5. The Kier molecular flexibility index (Phi) is 6.66. The molecule has 1 aromatic heterocycles. The van der Waals surface area contributed by atoms with Crippen LogP contribution in [0.15, 0.2) is 76.0 Å². The lowest BCUT2D eigenvalue weighted by Gasteiger charge is -2.16. The van der Waals surface area contributed by atoms with Gasteiger partial charge in [-0.25, -0.2) is 18.2 Å². The number of hydrazone groups is 1. The van der Waals surface area contributed by atoms with Gasteiger partial charge in [-0.05, 0) is 30.2 Å². The fourth-order valence-electron chi connectivity index (χ4n) is 3.29. The lowest BCUT2D eigenvalue weighted by Crippen LogP contribution is -2.21. The average molecular weight is 454 g/mol. The molecule has 0 atom stereocenters. The largest absolute Gasteiger partial charge is 0.384 e. The van der Waals surface area contributed by atoms with Crippen LogP contribution in [0.25, 0.3) is 11.3 Å². The molecule has 0 fully saturated rings. The second-order valence-corrected chi connectivity index (χ2v) is 8.99. The van der Waals surface area contributed by atoms with Crippen LogP contribution in [0.3, 0.4) is 0 Å². The van der Waals surface area contributed by atoms with E-state index >= 15 is 0 Å². The third kappa shape index (κ3) is 4.98. The lowest BCUT2D eigenvalue weighted by molar-refractivity contribution is 0.434. The molecular weight excluding hydrogens is 426 g/mol. The number of nitrogens with two attached hydrogens (primary N) is 3. The first-order valence-corrected chi connectivity index (χ1v) is 11.3. The molecule has 0 saturated heterocycles. The molecule has 0 bridgehead atoms. The van der Waals surface area contributed by atoms with Crippen molar-refractivity contribution in [2.45, 2.75) is 24.8 Å². The number of allylic oxidation sites excluding steroid dienone is 1. The summed E-state index contributed by atoms with van der Waals surface area (Å²) in [7, 11) is -2.04. The van der Waals surface area contributed by atoms with Crippen LogP contribution in [0.2, 0.25) is 0 Å². The first-order chi connectivity index (χ1) is 15.1. The predicted octanol–water partition coefficient (Wildman–Crippen LogP) is 2.11. The minimum atomic E-state index is -3.75. The van der Waals surface area contributed by atoms with Gasteiger partial charge in [-0.15, -0.1) is 0 Å². The van der Waals surface area contributed by atoms with E-state index < -0.39 is 10.0 Å². The molecule has 2 aromatic carbocycles. The summed E-state index contributed by atoms with van der Waals surface area (Å²) in [6, 6.07) is 16.1. The molecular formula is C22H27N7O2S. The van der Waals surface area contributed by atoms with Gasteiger partial charge in [0.05, 0.1) is 17.1 Å². The van der Waals surface area contributed by atoms with Crippen LogP contribution in [0.1, 0.15) is 18.1 Å². The monoisotopic (exact) mass is 453 g/mol. The second kappa shape index (κ2) is 9.25. The van der Waals surface area contributed by atoms with Crippen molar-refractivity contribution in [1.82, 2.24) is 14.8 Å². The normalized spacial score (nSPS) is 12.3. The fraction of sp³-hybridized carbons (Fsp3) is 0.182. The van der Waals surface area contributed by atoms with Crippen molar-refractivity contribution in [3.63, 3.8) is 0 Å². The third-order valence-electron chi connectivity index (χ3n) is 5.16. The number of rotatable bonds is 8.